The minimum atomic E-state index is -4.15. The highest BCUT2D eigenvalue weighted by molar-refractivity contribution is 7.89. The fourth-order valence-corrected chi connectivity index (χ4v) is 3.60. The lowest BCUT2D eigenvalue weighted by atomic mass is 10.3. The second kappa shape index (κ2) is 7.30. The summed E-state index contributed by atoms with van der Waals surface area (Å²) < 4.78 is 24.5. The number of nitro benzene ring substituents is 1. The molecule has 24 heavy (non-hydrogen) atoms. The Morgan fingerprint density at radius 3 is 2.08 bits per heavy atom. The Kier molecular flexibility index (Phi) is 5.79. The Bertz CT molecular complexity index is 898. The normalized spacial score (nSPS) is 11.3. The van der Waals surface area contributed by atoms with Gasteiger partial charge in [-0.05, 0) is 24.3 Å². The third kappa shape index (κ3) is 4.21. The molecule has 0 atom stereocenters. The Balaban J connectivity index is 2.30. The Morgan fingerprint density at radius 2 is 1.54 bits per heavy atom. The van der Waals surface area contributed by atoms with Gasteiger partial charge in [-0.1, -0.05) is 46.4 Å². The lowest BCUT2D eigenvalue weighted by Gasteiger charge is -2.12. The van der Waals surface area contributed by atoms with Crippen molar-refractivity contribution < 1.29 is 13.3 Å². The Morgan fingerprint density at radius 1 is 0.958 bits per heavy atom. The fourth-order valence-electron chi connectivity index (χ4n) is 1.64. The quantitative estimate of drug-likeness (QED) is 0.536. The van der Waals surface area contributed by atoms with Crippen LogP contribution in [0.15, 0.2) is 35.2 Å². The third-order valence-corrected chi connectivity index (χ3v) is 5.12. The van der Waals surface area contributed by atoms with E-state index in [0.717, 1.165) is 18.2 Å². The highest BCUT2D eigenvalue weighted by Crippen LogP contribution is 2.33. The number of hydrogen-bond acceptors (Lipinski definition) is 5. The van der Waals surface area contributed by atoms with Gasteiger partial charge >= 0.3 is 0 Å². The number of sulfonamides is 1. The molecule has 0 aliphatic carbocycles. The van der Waals surface area contributed by atoms with E-state index in [1.54, 1.807) is 0 Å². The van der Waals surface area contributed by atoms with Crippen LogP contribution in [-0.2, 0) is 10.0 Å². The predicted molar refractivity (Wildman–Crippen MR) is 93.5 cm³/mol. The van der Waals surface area contributed by atoms with E-state index in [1.807, 2.05) is 4.83 Å². The molecule has 2 aromatic rings. The molecule has 0 spiro atoms. The molecule has 2 rings (SSSR count). The van der Waals surface area contributed by atoms with E-state index >= 15 is 0 Å². The molecule has 0 radical (unpaired) electrons. The van der Waals surface area contributed by atoms with Crippen molar-refractivity contribution in [2.75, 3.05) is 5.43 Å². The summed E-state index contributed by atoms with van der Waals surface area (Å²) in [6.45, 7) is 0. The molecule has 0 saturated heterocycles. The lowest BCUT2D eigenvalue weighted by molar-refractivity contribution is -0.384. The summed E-state index contributed by atoms with van der Waals surface area (Å²) in [6, 6.07) is 5.77. The number of nitro groups is 1. The maximum Gasteiger partial charge on any atom is 0.289 e. The zero-order chi connectivity index (χ0) is 18.1. The molecule has 0 aromatic heterocycles. The van der Waals surface area contributed by atoms with Crippen LogP contribution in [0.2, 0.25) is 20.1 Å². The van der Waals surface area contributed by atoms with Gasteiger partial charge in [0.1, 0.15) is 5.02 Å². The maximum absolute atomic E-state index is 12.2. The van der Waals surface area contributed by atoms with Gasteiger partial charge in [0.05, 0.1) is 25.6 Å². The molecule has 0 aliphatic heterocycles. The fraction of sp³-hybridized carbons (Fsp3) is 0. The number of hydrazine groups is 1. The first-order valence-electron chi connectivity index (χ1n) is 5.98. The molecule has 128 valence electrons. The summed E-state index contributed by atoms with van der Waals surface area (Å²) in [5.74, 6) is 0. The number of nitrogens with one attached hydrogen (secondary N) is 2. The highest BCUT2D eigenvalue weighted by atomic mass is 35.5. The number of nitrogens with zero attached hydrogens (tertiary/aromatic N) is 1. The standard InChI is InChI=1S/C12H7Cl4N3O4S/c13-6-3-9(15)12(10(16)4-6)17-18-24(22,23)7-1-2-8(14)11(5-7)19(20)21/h1-5,17-18H. The minimum Gasteiger partial charge on any atom is -0.305 e. The third-order valence-electron chi connectivity index (χ3n) is 2.74. The second-order valence-corrected chi connectivity index (χ2v) is 7.69. The Labute approximate surface area is 156 Å². The average molecular weight is 431 g/mol. The van der Waals surface area contributed by atoms with Crippen molar-refractivity contribution in [3.05, 3.63) is 60.5 Å². The van der Waals surface area contributed by atoms with Gasteiger partial charge in [-0.3, -0.25) is 10.1 Å². The zero-order valence-electron chi connectivity index (χ0n) is 11.4. The molecule has 0 bridgehead atoms. The van der Waals surface area contributed by atoms with Crippen LogP contribution in [0.4, 0.5) is 11.4 Å². The van der Waals surface area contributed by atoms with Crippen LogP contribution in [-0.4, -0.2) is 13.3 Å². The maximum atomic E-state index is 12.2. The number of anilines is 1. The van der Waals surface area contributed by atoms with E-state index in [0.29, 0.717) is 0 Å². The van der Waals surface area contributed by atoms with Crippen LogP contribution in [0, 0.1) is 10.1 Å². The van der Waals surface area contributed by atoms with Crippen LogP contribution >= 0.6 is 46.4 Å². The van der Waals surface area contributed by atoms with Gasteiger partial charge in [0.15, 0.2) is 0 Å². The molecule has 0 unspecified atom stereocenters. The molecular formula is C12H7Cl4N3O4S. The first-order chi connectivity index (χ1) is 11.1. The summed E-state index contributed by atoms with van der Waals surface area (Å²) >= 11 is 23.3. The molecule has 0 heterocycles. The number of benzene rings is 2. The van der Waals surface area contributed by atoms with E-state index in [9.17, 15) is 18.5 Å². The lowest BCUT2D eigenvalue weighted by Crippen LogP contribution is -2.29. The molecule has 2 aromatic carbocycles. The van der Waals surface area contributed by atoms with Gasteiger partial charge < -0.3 is 5.43 Å². The zero-order valence-corrected chi connectivity index (χ0v) is 15.2. The van der Waals surface area contributed by atoms with Gasteiger partial charge in [-0.2, -0.15) is 0 Å². The van der Waals surface area contributed by atoms with Gasteiger partial charge in [0.25, 0.3) is 15.7 Å². The van der Waals surface area contributed by atoms with Crippen LogP contribution in [0.25, 0.3) is 0 Å². The van der Waals surface area contributed by atoms with Crippen molar-refractivity contribution in [2.24, 2.45) is 0 Å². The summed E-state index contributed by atoms with van der Waals surface area (Å²) in [7, 11) is -4.15. The van der Waals surface area contributed by atoms with E-state index in [1.165, 1.54) is 12.1 Å². The monoisotopic (exact) mass is 429 g/mol. The first kappa shape index (κ1) is 19.0. The summed E-state index contributed by atoms with van der Waals surface area (Å²) in [6.07, 6.45) is 0. The van der Waals surface area contributed by atoms with E-state index in [-0.39, 0.29) is 30.7 Å². The molecule has 0 amide bonds. The van der Waals surface area contributed by atoms with Crippen molar-refractivity contribution in [2.45, 2.75) is 4.90 Å². The predicted octanol–water partition coefficient (Wildman–Crippen LogP) is 4.51. The van der Waals surface area contributed by atoms with E-state index in [4.69, 9.17) is 46.4 Å². The first-order valence-corrected chi connectivity index (χ1v) is 8.97. The Hall–Kier alpha value is -1.29. The molecule has 0 aliphatic rings. The molecular weight excluding hydrogens is 424 g/mol. The van der Waals surface area contributed by atoms with Crippen molar-refractivity contribution in [1.82, 2.24) is 4.83 Å². The molecule has 12 heteroatoms. The van der Waals surface area contributed by atoms with E-state index < -0.39 is 20.6 Å². The van der Waals surface area contributed by atoms with Crippen LogP contribution in [0.1, 0.15) is 0 Å². The summed E-state index contributed by atoms with van der Waals surface area (Å²) in [5.41, 5.74) is 1.89. The van der Waals surface area contributed by atoms with Crippen molar-refractivity contribution in [3.8, 4) is 0 Å². The van der Waals surface area contributed by atoms with Gasteiger partial charge in [-0.25, -0.2) is 8.42 Å². The largest absolute Gasteiger partial charge is 0.305 e. The number of halogens is 4. The molecule has 0 saturated carbocycles. The van der Waals surface area contributed by atoms with Crippen LogP contribution in [0.3, 0.4) is 0 Å². The topological polar surface area (TPSA) is 101 Å². The summed E-state index contributed by atoms with van der Waals surface area (Å²) in [5, 5.41) is 11.1. The average Bonchev–Trinajstić information content (AvgIpc) is 2.45. The van der Waals surface area contributed by atoms with Crippen molar-refractivity contribution in [3.63, 3.8) is 0 Å². The van der Waals surface area contributed by atoms with Gasteiger partial charge in [0, 0.05) is 11.1 Å². The van der Waals surface area contributed by atoms with Gasteiger partial charge in [0.2, 0.25) is 0 Å². The smallest absolute Gasteiger partial charge is 0.289 e. The highest BCUT2D eigenvalue weighted by Gasteiger charge is 2.21. The molecule has 2 N–H and O–H groups in total. The number of hydrogen-bond donors (Lipinski definition) is 2. The molecule has 7 nitrogen and oxygen atoms in total. The van der Waals surface area contributed by atoms with Crippen LogP contribution < -0.4 is 10.3 Å². The minimum absolute atomic E-state index is 0.0785. The van der Waals surface area contributed by atoms with Gasteiger partial charge in [-0.15, -0.1) is 4.83 Å². The number of rotatable bonds is 5. The SMILES string of the molecule is O=[N+]([O-])c1cc(S(=O)(=O)NNc2c(Cl)cc(Cl)cc2Cl)ccc1Cl. The molecule has 0 fully saturated rings. The van der Waals surface area contributed by atoms with Crippen molar-refractivity contribution >= 4 is 67.8 Å². The van der Waals surface area contributed by atoms with Crippen LogP contribution in [0.5, 0.6) is 0 Å². The van der Waals surface area contributed by atoms with E-state index in [2.05, 4.69) is 5.43 Å². The van der Waals surface area contributed by atoms with Crippen molar-refractivity contribution in [1.29, 1.82) is 0 Å². The second-order valence-electron chi connectivity index (χ2n) is 4.35. The summed E-state index contributed by atoms with van der Waals surface area (Å²) in [4.78, 5) is 11.7.